The van der Waals surface area contributed by atoms with Crippen molar-refractivity contribution in [3.63, 3.8) is 0 Å². The molecule has 0 aliphatic heterocycles. The second-order valence-corrected chi connectivity index (χ2v) is 3.69. The predicted octanol–water partition coefficient (Wildman–Crippen LogP) is 2.40. The molecule has 3 heterocycles. The third-order valence-electron chi connectivity index (χ3n) is 2.64. The van der Waals surface area contributed by atoms with Crippen LogP contribution < -0.4 is 4.74 Å². The average Bonchev–Trinajstić information content (AvgIpc) is 2.82. The Morgan fingerprint density at radius 2 is 2.00 bits per heavy atom. The van der Waals surface area contributed by atoms with Crippen molar-refractivity contribution in [3.05, 3.63) is 49.1 Å². The molecule has 0 aliphatic carbocycles. The van der Waals surface area contributed by atoms with Crippen LogP contribution in [0.3, 0.4) is 0 Å². The number of nitrogens with zero attached hydrogens (tertiary/aromatic N) is 3. The molecule has 3 rings (SSSR count). The maximum absolute atomic E-state index is 5.17. The third kappa shape index (κ3) is 1.73. The van der Waals surface area contributed by atoms with E-state index in [4.69, 9.17) is 4.74 Å². The first-order chi connectivity index (χ1) is 8.36. The summed E-state index contributed by atoms with van der Waals surface area (Å²) in [6.45, 7) is 0. The molecule has 0 amide bonds. The molecule has 3 aromatic heterocycles. The van der Waals surface area contributed by atoms with Crippen LogP contribution in [0.25, 0.3) is 16.9 Å². The van der Waals surface area contributed by atoms with E-state index in [0.717, 1.165) is 22.7 Å². The molecule has 17 heavy (non-hydrogen) atoms. The summed E-state index contributed by atoms with van der Waals surface area (Å²) < 4.78 is 7.14. The molecule has 0 unspecified atom stereocenters. The van der Waals surface area contributed by atoms with E-state index in [1.807, 2.05) is 41.1 Å². The lowest BCUT2D eigenvalue weighted by atomic mass is 10.2. The zero-order valence-corrected chi connectivity index (χ0v) is 9.37. The summed E-state index contributed by atoms with van der Waals surface area (Å²) in [5.41, 5.74) is 2.86. The largest absolute Gasteiger partial charge is 0.497 e. The van der Waals surface area contributed by atoms with Crippen molar-refractivity contribution in [2.75, 3.05) is 7.11 Å². The molecule has 0 aliphatic rings. The zero-order valence-electron chi connectivity index (χ0n) is 9.37. The monoisotopic (exact) mass is 225 g/mol. The topological polar surface area (TPSA) is 39.4 Å². The van der Waals surface area contributed by atoms with Crippen molar-refractivity contribution in [2.45, 2.75) is 0 Å². The Labute approximate surface area is 98.5 Å². The number of ether oxygens (including phenoxy) is 1. The van der Waals surface area contributed by atoms with Gasteiger partial charge >= 0.3 is 0 Å². The van der Waals surface area contributed by atoms with E-state index in [1.165, 1.54) is 0 Å². The van der Waals surface area contributed by atoms with Crippen molar-refractivity contribution < 1.29 is 4.74 Å². The van der Waals surface area contributed by atoms with Crippen molar-refractivity contribution in [2.24, 2.45) is 0 Å². The van der Waals surface area contributed by atoms with E-state index in [2.05, 4.69) is 9.97 Å². The van der Waals surface area contributed by atoms with Crippen LogP contribution in [0.4, 0.5) is 0 Å². The number of aromatic nitrogens is 3. The lowest BCUT2D eigenvalue weighted by Crippen LogP contribution is -1.86. The molecule has 0 atom stereocenters. The van der Waals surface area contributed by atoms with E-state index in [0.29, 0.717) is 0 Å². The minimum absolute atomic E-state index is 0.810. The van der Waals surface area contributed by atoms with Gasteiger partial charge in [0.1, 0.15) is 11.4 Å². The Morgan fingerprint density at radius 1 is 1.18 bits per heavy atom. The maximum Gasteiger partial charge on any atom is 0.141 e. The fourth-order valence-corrected chi connectivity index (χ4v) is 1.75. The van der Waals surface area contributed by atoms with Gasteiger partial charge in [0.25, 0.3) is 0 Å². The van der Waals surface area contributed by atoms with E-state index in [-0.39, 0.29) is 0 Å². The van der Waals surface area contributed by atoms with Crippen molar-refractivity contribution in [1.82, 2.24) is 14.4 Å². The number of hydrogen-bond acceptors (Lipinski definition) is 3. The Kier molecular flexibility index (Phi) is 2.26. The highest BCUT2D eigenvalue weighted by Crippen LogP contribution is 2.20. The van der Waals surface area contributed by atoms with Gasteiger partial charge in [-0.25, -0.2) is 4.98 Å². The summed E-state index contributed by atoms with van der Waals surface area (Å²) in [7, 11) is 1.65. The van der Waals surface area contributed by atoms with Crippen LogP contribution in [0.5, 0.6) is 5.75 Å². The van der Waals surface area contributed by atoms with Crippen LogP contribution in [0, 0.1) is 0 Å². The van der Waals surface area contributed by atoms with Crippen LogP contribution in [0.2, 0.25) is 0 Å². The quantitative estimate of drug-likeness (QED) is 0.672. The molecule has 0 fully saturated rings. The first-order valence-corrected chi connectivity index (χ1v) is 5.30. The fraction of sp³-hybridized carbons (Fsp3) is 0.0769. The standard InChI is InChI=1S/C13H11N3O/c1-17-11-4-7-16-9-12(15-13(16)8-11)10-2-5-14-6-3-10/h2-9H,1H3. The number of rotatable bonds is 2. The summed E-state index contributed by atoms with van der Waals surface area (Å²) >= 11 is 0. The number of hydrogen-bond donors (Lipinski definition) is 0. The van der Waals surface area contributed by atoms with Gasteiger partial charge in [0, 0.05) is 36.4 Å². The van der Waals surface area contributed by atoms with Crippen LogP contribution in [0.15, 0.2) is 49.1 Å². The number of methoxy groups -OCH3 is 1. The van der Waals surface area contributed by atoms with Gasteiger partial charge in [0.2, 0.25) is 0 Å². The summed E-state index contributed by atoms with van der Waals surface area (Å²) in [5.74, 6) is 0.810. The zero-order chi connectivity index (χ0) is 11.7. The minimum Gasteiger partial charge on any atom is -0.497 e. The average molecular weight is 225 g/mol. The highest BCUT2D eigenvalue weighted by Gasteiger charge is 2.04. The van der Waals surface area contributed by atoms with Crippen LogP contribution in [-0.4, -0.2) is 21.5 Å². The molecule has 4 heteroatoms. The Balaban J connectivity index is 2.14. The van der Waals surface area contributed by atoms with Gasteiger partial charge in [-0.05, 0) is 18.2 Å². The third-order valence-corrected chi connectivity index (χ3v) is 2.64. The van der Waals surface area contributed by atoms with Crippen LogP contribution >= 0.6 is 0 Å². The van der Waals surface area contributed by atoms with Gasteiger partial charge in [-0.3, -0.25) is 4.98 Å². The molecular formula is C13H11N3O. The van der Waals surface area contributed by atoms with E-state index >= 15 is 0 Å². The first-order valence-electron chi connectivity index (χ1n) is 5.30. The smallest absolute Gasteiger partial charge is 0.141 e. The summed E-state index contributed by atoms with van der Waals surface area (Å²) in [4.78, 5) is 8.54. The van der Waals surface area contributed by atoms with Gasteiger partial charge in [-0.15, -0.1) is 0 Å². The molecule has 0 aromatic carbocycles. The van der Waals surface area contributed by atoms with E-state index in [9.17, 15) is 0 Å². The molecular weight excluding hydrogens is 214 g/mol. The fourth-order valence-electron chi connectivity index (χ4n) is 1.75. The van der Waals surface area contributed by atoms with Gasteiger partial charge in [0.15, 0.2) is 0 Å². The molecule has 3 aromatic rings. The molecule has 4 nitrogen and oxygen atoms in total. The van der Waals surface area contributed by atoms with Gasteiger partial charge in [0.05, 0.1) is 12.8 Å². The van der Waals surface area contributed by atoms with Crippen LogP contribution in [0.1, 0.15) is 0 Å². The summed E-state index contributed by atoms with van der Waals surface area (Å²) in [6, 6.07) is 7.70. The number of pyridine rings is 2. The van der Waals surface area contributed by atoms with Crippen LogP contribution in [-0.2, 0) is 0 Å². The highest BCUT2D eigenvalue weighted by atomic mass is 16.5. The predicted molar refractivity (Wildman–Crippen MR) is 65.0 cm³/mol. The molecule has 0 N–H and O–H groups in total. The molecule has 0 saturated heterocycles. The summed E-state index contributed by atoms with van der Waals surface area (Å²) in [6.07, 6.45) is 7.45. The molecule has 0 radical (unpaired) electrons. The molecule has 0 spiro atoms. The van der Waals surface area contributed by atoms with Crippen molar-refractivity contribution in [3.8, 4) is 17.0 Å². The van der Waals surface area contributed by atoms with E-state index in [1.54, 1.807) is 19.5 Å². The van der Waals surface area contributed by atoms with Gasteiger partial charge < -0.3 is 9.14 Å². The Hall–Kier alpha value is -2.36. The molecule has 84 valence electrons. The lowest BCUT2D eigenvalue weighted by molar-refractivity contribution is 0.414. The van der Waals surface area contributed by atoms with Gasteiger partial charge in [-0.1, -0.05) is 0 Å². The second kappa shape index (κ2) is 3.90. The number of imidazole rings is 1. The second-order valence-electron chi connectivity index (χ2n) is 3.69. The van der Waals surface area contributed by atoms with Crippen molar-refractivity contribution in [1.29, 1.82) is 0 Å². The highest BCUT2D eigenvalue weighted by molar-refractivity contribution is 5.62. The molecule has 0 bridgehead atoms. The first kappa shape index (κ1) is 9.84. The Bertz CT molecular complexity index is 646. The normalized spacial score (nSPS) is 10.6. The van der Waals surface area contributed by atoms with Crippen molar-refractivity contribution >= 4 is 5.65 Å². The van der Waals surface area contributed by atoms with E-state index < -0.39 is 0 Å². The SMILES string of the molecule is COc1ccn2cc(-c3ccncc3)nc2c1. The lowest BCUT2D eigenvalue weighted by Gasteiger charge is -1.98. The minimum atomic E-state index is 0.810. The number of fused-ring (bicyclic) bond motifs is 1. The molecule has 0 saturated carbocycles. The maximum atomic E-state index is 5.17. The Morgan fingerprint density at radius 3 is 2.76 bits per heavy atom. The summed E-state index contributed by atoms with van der Waals surface area (Å²) in [5, 5.41) is 0. The van der Waals surface area contributed by atoms with Gasteiger partial charge in [-0.2, -0.15) is 0 Å².